The van der Waals surface area contributed by atoms with Gasteiger partial charge in [-0.1, -0.05) is 0 Å². The minimum Gasteiger partial charge on any atom is -0.508 e. The molecule has 11 heteroatoms. The van der Waals surface area contributed by atoms with Gasteiger partial charge in [0.2, 0.25) is 11.2 Å². The van der Waals surface area contributed by atoms with Crippen molar-refractivity contribution in [3.8, 4) is 40.1 Å². The predicted molar refractivity (Wildman–Crippen MR) is 117 cm³/mol. The van der Waals surface area contributed by atoms with Crippen molar-refractivity contribution in [2.45, 2.75) is 30.8 Å². The van der Waals surface area contributed by atoms with Crippen molar-refractivity contribution >= 4 is 11.0 Å². The Bertz CT molecular complexity index is 1270. The molecule has 0 aliphatic heterocycles. The summed E-state index contributed by atoms with van der Waals surface area (Å²) in [4.78, 5) is 13.4. The SMILES string of the molecule is COc1cc(-c2oc3cc(O)cc(O)c3c(=O)c2O[C@@H]2C[C@H](CO)[C@@H](O)[C@H](O)[C@H]2O)ccc1O. The molecule has 0 bridgehead atoms. The minimum absolute atomic E-state index is 0.0570. The van der Waals surface area contributed by atoms with Gasteiger partial charge >= 0.3 is 0 Å². The van der Waals surface area contributed by atoms with Crippen molar-refractivity contribution in [2.24, 2.45) is 5.92 Å². The van der Waals surface area contributed by atoms with Gasteiger partial charge in [0.1, 0.15) is 40.8 Å². The van der Waals surface area contributed by atoms with Crippen molar-refractivity contribution in [3.05, 3.63) is 40.6 Å². The molecule has 0 spiro atoms. The van der Waals surface area contributed by atoms with Gasteiger partial charge in [-0.15, -0.1) is 0 Å². The number of aromatic hydroxyl groups is 3. The van der Waals surface area contributed by atoms with Gasteiger partial charge in [-0.25, -0.2) is 0 Å². The average Bonchev–Trinajstić information content (AvgIpc) is 2.80. The van der Waals surface area contributed by atoms with Crippen LogP contribution in [0.5, 0.6) is 28.7 Å². The Labute approximate surface area is 192 Å². The van der Waals surface area contributed by atoms with Gasteiger partial charge in [0.25, 0.3) is 0 Å². The van der Waals surface area contributed by atoms with E-state index in [2.05, 4.69) is 0 Å². The van der Waals surface area contributed by atoms with E-state index in [-0.39, 0.29) is 46.0 Å². The van der Waals surface area contributed by atoms with Crippen molar-refractivity contribution in [2.75, 3.05) is 13.7 Å². The summed E-state index contributed by atoms with van der Waals surface area (Å²) in [7, 11) is 1.32. The third-order valence-electron chi connectivity index (χ3n) is 5.96. The molecule has 0 unspecified atom stereocenters. The maximum Gasteiger partial charge on any atom is 0.239 e. The van der Waals surface area contributed by atoms with Gasteiger partial charge < -0.3 is 49.6 Å². The highest BCUT2D eigenvalue weighted by atomic mass is 16.5. The maximum atomic E-state index is 13.4. The largest absolute Gasteiger partial charge is 0.508 e. The van der Waals surface area contributed by atoms with Crippen molar-refractivity contribution < 1.29 is 49.6 Å². The minimum atomic E-state index is -1.65. The number of benzene rings is 2. The molecule has 0 saturated heterocycles. The average molecular weight is 476 g/mol. The van der Waals surface area contributed by atoms with Crippen LogP contribution in [0.15, 0.2) is 39.5 Å². The van der Waals surface area contributed by atoms with Gasteiger partial charge in [0.05, 0.1) is 13.2 Å². The van der Waals surface area contributed by atoms with E-state index in [0.717, 1.165) is 12.1 Å². The van der Waals surface area contributed by atoms with Crippen LogP contribution < -0.4 is 14.9 Å². The monoisotopic (exact) mass is 476 g/mol. The van der Waals surface area contributed by atoms with E-state index in [1.54, 1.807) is 0 Å². The number of hydrogen-bond donors (Lipinski definition) is 7. The Morgan fingerprint density at radius 1 is 1.00 bits per heavy atom. The van der Waals surface area contributed by atoms with Gasteiger partial charge in [0.15, 0.2) is 17.3 Å². The Kier molecular flexibility index (Phi) is 6.28. The summed E-state index contributed by atoms with van der Waals surface area (Å²) in [6, 6.07) is 6.13. The lowest BCUT2D eigenvalue weighted by Gasteiger charge is -2.39. The lowest BCUT2D eigenvalue weighted by Crippen LogP contribution is -2.56. The van der Waals surface area contributed by atoms with Crippen molar-refractivity contribution in [1.29, 1.82) is 0 Å². The Morgan fingerprint density at radius 3 is 2.41 bits per heavy atom. The molecule has 3 aromatic rings. The number of ether oxygens (including phenoxy) is 2. The zero-order valence-electron chi connectivity index (χ0n) is 18.0. The highest BCUT2D eigenvalue weighted by Gasteiger charge is 2.44. The molecule has 11 nitrogen and oxygen atoms in total. The molecular formula is C23H24O11. The standard InChI is InChI=1S/C23H24O11/c1-32-14-4-9(2-3-12(14)26)22-23(20(30)17-13(27)6-11(25)7-15(17)33-22)34-16-5-10(8-24)18(28)21(31)19(16)29/h2-4,6-7,10,16,18-19,21,24-29,31H,5,8H2,1H3/t10-,16-,18-,19+,21+/m1/s1. The molecule has 1 aromatic heterocycles. The second-order valence-corrected chi connectivity index (χ2v) is 8.12. The lowest BCUT2D eigenvalue weighted by molar-refractivity contribution is -0.157. The van der Waals surface area contributed by atoms with E-state index in [9.17, 15) is 40.5 Å². The third kappa shape index (κ3) is 3.99. The van der Waals surface area contributed by atoms with Crippen LogP contribution in [0.25, 0.3) is 22.3 Å². The number of phenolic OH excluding ortho intramolecular Hbond substituents is 3. The second kappa shape index (κ2) is 9.03. The van der Waals surface area contributed by atoms with Gasteiger partial charge in [-0.05, 0) is 24.6 Å². The molecule has 2 aromatic carbocycles. The summed E-state index contributed by atoms with van der Waals surface area (Å²) in [5.41, 5.74) is -0.782. The molecule has 7 N–H and O–H groups in total. The van der Waals surface area contributed by atoms with Crippen LogP contribution >= 0.6 is 0 Å². The number of phenols is 3. The highest BCUT2D eigenvalue weighted by molar-refractivity contribution is 5.88. The smallest absolute Gasteiger partial charge is 0.239 e. The molecule has 5 atom stereocenters. The first-order valence-electron chi connectivity index (χ1n) is 10.4. The van der Waals surface area contributed by atoms with E-state index < -0.39 is 53.9 Å². The summed E-state index contributed by atoms with van der Waals surface area (Å²) < 4.78 is 16.7. The molecule has 1 heterocycles. The fraction of sp³-hybridized carbons (Fsp3) is 0.348. The second-order valence-electron chi connectivity index (χ2n) is 8.12. The van der Waals surface area contributed by atoms with E-state index in [0.29, 0.717) is 0 Å². The first kappa shape index (κ1) is 23.6. The molecule has 1 fully saturated rings. The van der Waals surface area contributed by atoms with Crippen LogP contribution in [0.2, 0.25) is 0 Å². The zero-order valence-corrected chi connectivity index (χ0v) is 18.0. The predicted octanol–water partition coefficient (Wildman–Crippen LogP) is 0.428. The number of aliphatic hydroxyl groups is 4. The number of fused-ring (bicyclic) bond motifs is 1. The maximum absolute atomic E-state index is 13.4. The molecule has 0 radical (unpaired) electrons. The first-order chi connectivity index (χ1) is 16.2. The topological polar surface area (TPSA) is 190 Å². The quantitative estimate of drug-likeness (QED) is 0.270. The third-order valence-corrected chi connectivity index (χ3v) is 5.96. The normalized spacial score (nSPS) is 24.8. The van der Waals surface area contributed by atoms with Crippen molar-refractivity contribution in [3.63, 3.8) is 0 Å². The summed E-state index contributed by atoms with van der Waals surface area (Å²) in [5, 5.41) is 70.0. The fourth-order valence-electron chi connectivity index (χ4n) is 4.11. The molecular weight excluding hydrogens is 452 g/mol. The van der Waals surface area contributed by atoms with Crippen LogP contribution in [-0.4, -0.2) is 73.9 Å². The summed E-state index contributed by atoms with van der Waals surface area (Å²) in [6.45, 7) is -0.501. The molecule has 1 saturated carbocycles. The van der Waals surface area contributed by atoms with E-state index in [1.165, 1.54) is 25.3 Å². The van der Waals surface area contributed by atoms with Crippen LogP contribution in [0.1, 0.15) is 6.42 Å². The molecule has 0 amide bonds. The molecule has 1 aliphatic rings. The summed E-state index contributed by atoms with van der Waals surface area (Å²) in [5.74, 6) is -2.50. The molecule has 182 valence electrons. The van der Waals surface area contributed by atoms with E-state index in [4.69, 9.17) is 13.9 Å². The Hall–Kier alpha value is -3.51. The van der Waals surface area contributed by atoms with Gasteiger partial charge in [-0.3, -0.25) is 4.79 Å². The van der Waals surface area contributed by atoms with Crippen LogP contribution in [0.4, 0.5) is 0 Å². The van der Waals surface area contributed by atoms with Crippen LogP contribution in [0.3, 0.4) is 0 Å². The first-order valence-corrected chi connectivity index (χ1v) is 10.4. The highest BCUT2D eigenvalue weighted by Crippen LogP contribution is 2.40. The Morgan fingerprint density at radius 2 is 1.74 bits per heavy atom. The molecule has 34 heavy (non-hydrogen) atoms. The summed E-state index contributed by atoms with van der Waals surface area (Å²) in [6.07, 6.45) is -5.99. The lowest BCUT2D eigenvalue weighted by atomic mass is 9.81. The van der Waals surface area contributed by atoms with Gasteiger partial charge in [0, 0.05) is 30.2 Å². The van der Waals surface area contributed by atoms with E-state index >= 15 is 0 Å². The number of methoxy groups -OCH3 is 1. The van der Waals surface area contributed by atoms with Crippen LogP contribution in [0, 0.1) is 5.92 Å². The van der Waals surface area contributed by atoms with Gasteiger partial charge in [-0.2, -0.15) is 0 Å². The van der Waals surface area contributed by atoms with E-state index in [1.807, 2.05) is 0 Å². The fourth-order valence-corrected chi connectivity index (χ4v) is 4.11. The number of hydrogen-bond acceptors (Lipinski definition) is 11. The summed E-state index contributed by atoms with van der Waals surface area (Å²) >= 11 is 0. The number of aliphatic hydroxyl groups excluding tert-OH is 4. The molecule has 1 aliphatic carbocycles. The van der Waals surface area contributed by atoms with Crippen LogP contribution in [-0.2, 0) is 0 Å². The molecule has 4 rings (SSSR count). The Balaban J connectivity index is 1.92. The van der Waals surface area contributed by atoms with Crippen molar-refractivity contribution in [1.82, 2.24) is 0 Å². The number of rotatable bonds is 5. The zero-order chi connectivity index (χ0) is 24.7.